The van der Waals surface area contributed by atoms with Crippen molar-refractivity contribution in [1.82, 2.24) is 10.2 Å². The zero-order valence-electron chi connectivity index (χ0n) is 11.0. The molecular formula is C13H16BrCl2FN2O. The molecule has 7 heteroatoms. The number of halogens is 4. The smallest absolute Gasteiger partial charge is 0.256 e. The number of nitrogens with one attached hydrogen (secondary N) is 1. The number of carbonyl (C=O) groups excluding carboxylic acids is 1. The number of piperidine rings is 1. The van der Waals surface area contributed by atoms with Crippen molar-refractivity contribution in [3.63, 3.8) is 0 Å². The molecule has 20 heavy (non-hydrogen) atoms. The van der Waals surface area contributed by atoms with Gasteiger partial charge in [-0.1, -0.05) is 11.6 Å². The van der Waals surface area contributed by atoms with E-state index >= 15 is 0 Å². The number of amides is 1. The van der Waals surface area contributed by atoms with Crippen molar-refractivity contribution in [3.8, 4) is 0 Å². The van der Waals surface area contributed by atoms with Gasteiger partial charge in [-0.3, -0.25) is 4.79 Å². The monoisotopic (exact) mass is 384 g/mol. The Morgan fingerprint density at radius 3 is 2.65 bits per heavy atom. The summed E-state index contributed by atoms with van der Waals surface area (Å²) in [7, 11) is 1.72. The predicted octanol–water partition coefficient (Wildman–Crippen LogP) is 3.49. The first kappa shape index (κ1) is 17.7. The Morgan fingerprint density at radius 2 is 2.05 bits per heavy atom. The standard InChI is InChI=1S/C13H15BrClFN2O.ClH/c1-18(8-2-4-17-5-3-8)13(19)9-6-10(14)11(15)7-12(9)16;/h6-8,17H,2-5H2,1H3;1H. The fourth-order valence-electron chi connectivity index (χ4n) is 2.24. The Bertz CT molecular complexity index is 496. The summed E-state index contributed by atoms with van der Waals surface area (Å²) < 4.78 is 14.4. The number of nitrogens with zero attached hydrogens (tertiary/aromatic N) is 1. The fourth-order valence-corrected chi connectivity index (χ4v) is 2.73. The Labute approximate surface area is 137 Å². The van der Waals surface area contributed by atoms with Crippen LogP contribution in [0, 0.1) is 5.82 Å². The van der Waals surface area contributed by atoms with Gasteiger partial charge in [0.15, 0.2) is 0 Å². The molecule has 2 rings (SSSR count). The van der Waals surface area contributed by atoms with Gasteiger partial charge >= 0.3 is 0 Å². The molecule has 1 aromatic rings. The van der Waals surface area contributed by atoms with Gasteiger partial charge < -0.3 is 10.2 Å². The van der Waals surface area contributed by atoms with E-state index in [1.165, 1.54) is 6.07 Å². The molecule has 0 radical (unpaired) electrons. The quantitative estimate of drug-likeness (QED) is 0.790. The van der Waals surface area contributed by atoms with E-state index in [1.807, 2.05) is 0 Å². The average Bonchev–Trinajstić information content (AvgIpc) is 2.42. The lowest BCUT2D eigenvalue weighted by Crippen LogP contribution is -2.44. The molecular weight excluding hydrogens is 370 g/mol. The lowest BCUT2D eigenvalue weighted by atomic mass is 10.0. The van der Waals surface area contributed by atoms with E-state index in [0.29, 0.717) is 4.47 Å². The van der Waals surface area contributed by atoms with Crippen LogP contribution in [0.1, 0.15) is 23.2 Å². The van der Waals surface area contributed by atoms with Crippen LogP contribution in [0.5, 0.6) is 0 Å². The molecule has 0 atom stereocenters. The molecule has 0 aromatic heterocycles. The number of benzene rings is 1. The third-order valence-corrected chi connectivity index (χ3v) is 4.61. The SMILES string of the molecule is CN(C(=O)c1cc(Br)c(Cl)cc1F)C1CCNCC1.Cl. The average molecular weight is 386 g/mol. The van der Waals surface area contributed by atoms with Gasteiger partial charge in [0.25, 0.3) is 5.91 Å². The molecule has 0 bridgehead atoms. The minimum absolute atomic E-state index is 0. The van der Waals surface area contributed by atoms with Gasteiger partial charge in [0, 0.05) is 17.6 Å². The van der Waals surface area contributed by atoms with E-state index < -0.39 is 5.82 Å². The van der Waals surface area contributed by atoms with Crippen LogP contribution in [0.25, 0.3) is 0 Å². The van der Waals surface area contributed by atoms with Crippen LogP contribution in [0.15, 0.2) is 16.6 Å². The molecule has 1 aliphatic rings. The second-order valence-electron chi connectivity index (χ2n) is 4.64. The van der Waals surface area contributed by atoms with E-state index in [9.17, 15) is 9.18 Å². The molecule has 0 spiro atoms. The van der Waals surface area contributed by atoms with Crippen molar-refractivity contribution >= 4 is 45.8 Å². The highest BCUT2D eigenvalue weighted by atomic mass is 79.9. The summed E-state index contributed by atoms with van der Waals surface area (Å²) in [6, 6.07) is 2.76. The van der Waals surface area contributed by atoms with Gasteiger partial charge in [-0.05, 0) is 54.0 Å². The van der Waals surface area contributed by atoms with Crippen LogP contribution in [0.2, 0.25) is 5.02 Å². The first-order chi connectivity index (χ1) is 9.00. The van der Waals surface area contributed by atoms with Gasteiger partial charge in [0.2, 0.25) is 0 Å². The van der Waals surface area contributed by atoms with Crippen molar-refractivity contribution in [2.45, 2.75) is 18.9 Å². The van der Waals surface area contributed by atoms with E-state index in [4.69, 9.17) is 11.6 Å². The third-order valence-electron chi connectivity index (χ3n) is 3.42. The van der Waals surface area contributed by atoms with Gasteiger partial charge in [-0.2, -0.15) is 0 Å². The van der Waals surface area contributed by atoms with E-state index in [1.54, 1.807) is 11.9 Å². The third kappa shape index (κ3) is 3.85. The van der Waals surface area contributed by atoms with Gasteiger partial charge in [-0.25, -0.2) is 4.39 Å². The molecule has 1 fully saturated rings. The van der Waals surface area contributed by atoms with E-state index in [0.717, 1.165) is 32.0 Å². The van der Waals surface area contributed by atoms with Crippen molar-refractivity contribution in [1.29, 1.82) is 0 Å². The van der Waals surface area contributed by atoms with E-state index in [2.05, 4.69) is 21.2 Å². The summed E-state index contributed by atoms with van der Waals surface area (Å²) in [5, 5.41) is 3.50. The Balaban J connectivity index is 0.00000200. The first-order valence-corrected chi connectivity index (χ1v) is 7.30. The highest BCUT2D eigenvalue weighted by Crippen LogP contribution is 2.27. The second kappa shape index (κ2) is 7.59. The maximum absolute atomic E-state index is 13.8. The predicted molar refractivity (Wildman–Crippen MR) is 84.3 cm³/mol. The maximum atomic E-state index is 13.8. The molecule has 1 saturated heterocycles. The highest BCUT2D eigenvalue weighted by molar-refractivity contribution is 9.10. The zero-order valence-corrected chi connectivity index (χ0v) is 14.1. The summed E-state index contributed by atoms with van der Waals surface area (Å²) in [6.45, 7) is 1.77. The summed E-state index contributed by atoms with van der Waals surface area (Å²) in [5.41, 5.74) is 0.0531. The number of hydrogen-bond donors (Lipinski definition) is 1. The topological polar surface area (TPSA) is 32.3 Å². The second-order valence-corrected chi connectivity index (χ2v) is 5.90. The largest absolute Gasteiger partial charge is 0.339 e. The van der Waals surface area contributed by atoms with Crippen LogP contribution < -0.4 is 5.32 Å². The lowest BCUT2D eigenvalue weighted by Gasteiger charge is -2.31. The van der Waals surface area contributed by atoms with Crippen LogP contribution in [0.4, 0.5) is 4.39 Å². The maximum Gasteiger partial charge on any atom is 0.256 e. The molecule has 1 amide bonds. The molecule has 1 aliphatic heterocycles. The summed E-state index contributed by atoms with van der Waals surface area (Å²) in [5.74, 6) is -0.888. The molecule has 3 nitrogen and oxygen atoms in total. The first-order valence-electron chi connectivity index (χ1n) is 6.13. The number of hydrogen-bond acceptors (Lipinski definition) is 2. The van der Waals surface area contributed by atoms with Crippen molar-refractivity contribution < 1.29 is 9.18 Å². The fraction of sp³-hybridized carbons (Fsp3) is 0.462. The van der Waals surface area contributed by atoms with Gasteiger partial charge in [-0.15, -0.1) is 12.4 Å². The highest BCUT2D eigenvalue weighted by Gasteiger charge is 2.25. The van der Waals surface area contributed by atoms with Crippen LogP contribution in [-0.4, -0.2) is 37.0 Å². The molecule has 0 saturated carbocycles. The molecule has 0 unspecified atom stereocenters. The minimum Gasteiger partial charge on any atom is -0.339 e. The van der Waals surface area contributed by atoms with Gasteiger partial charge in [0.05, 0.1) is 10.6 Å². The molecule has 1 heterocycles. The molecule has 112 valence electrons. The van der Waals surface area contributed by atoms with Crippen LogP contribution in [-0.2, 0) is 0 Å². The summed E-state index contributed by atoms with van der Waals surface area (Å²) in [6.07, 6.45) is 1.78. The lowest BCUT2D eigenvalue weighted by molar-refractivity contribution is 0.0698. The number of rotatable bonds is 2. The molecule has 1 aromatic carbocycles. The zero-order chi connectivity index (χ0) is 14.0. The normalized spacial score (nSPS) is 15.6. The van der Waals surface area contributed by atoms with Crippen molar-refractivity contribution in [3.05, 3.63) is 33.0 Å². The molecule has 1 N–H and O–H groups in total. The minimum atomic E-state index is -0.584. The van der Waals surface area contributed by atoms with Crippen molar-refractivity contribution in [2.24, 2.45) is 0 Å². The Hall–Kier alpha value is -0.360. The van der Waals surface area contributed by atoms with Gasteiger partial charge in [0.1, 0.15) is 5.82 Å². The number of carbonyl (C=O) groups is 1. The summed E-state index contributed by atoms with van der Waals surface area (Å²) >= 11 is 9.01. The van der Waals surface area contributed by atoms with E-state index in [-0.39, 0.29) is 34.9 Å². The van der Waals surface area contributed by atoms with Crippen LogP contribution in [0.3, 0.4) is 0 Å². The van der Waals surface area contributed by atoms with Crippen molar-refractivity contribution in [2.75, 3.05) is 20.1 Å². The Kier molecular flexibility index (Phi) is 6.72. The Morgan fingerprint density at radius 1 is 1.45 bits per heavy atom. The summed E-state index contributed by atoms with van der Waals surface area (Å²) in [4.78, 5) is 14.0. The molecule has 0 aliphatic carbocycles. The van der Waals surface area contributed by atoms with Crippen LogP contribution >= 0.6 is 39.9 Å².